The molecule has 0 saturated carbocycles. The predicted molar refractivity (Wildman–Crippen MR) is 94.0 cm³/mol. The fraction of sp³-hybridized carbons (Fsp3) is 0.800. The highest BCUT2D eigenvalue weighted by Gasteiger charge is 2.29. The van der Waals surface area contributed by atoms with E-state index in [9.17, 15) is 18.0 Å². The van der Waals surface area contributed by atoms with E-state index in [0.29, 0.717) is 30.0 Å². The van der Waals surface area contributed by atoms with E-state index >= 15 is 0 Å². The number of amides is 1. The summed E-state index contributed by atoms with van der Waals surface area (Å²) >= 11 is 1.38. The Morgan fingerprint density at radius 1 is 1.33 bits per heavy atom. The van der Waals surface area contributed by atoms with Gasteiger partial charge in [0.05, 0.1) is 13.2 Å². The summed E-state index contributed by atoms with van der Waals surface area (Å²) in [6.07, 6.45) is -5.62. The van der Waals surface area contributed by atoms with Gasteiger partial charge in [0.1, 0.15) is 0 Å². The fourth-order valence-corrected chi connectivity index (χ4v) is 3.20. The largest absolute Gasteiger partial charge is 0.440 e. The molecule has 1 fully saturated rings. The molecule has 27 heavy (non-hydrogen) atoms. The van der Waals surface area contributed by atoms with Crippen LogP contribution in [0.3, 0.4) is 0 Å². The van der Waals surface area contributed by atoms with Crippen LogP contribution in [-0.4, -0.2) is 72.2 Å². The van der Waals surface area contributed by atoms with Gasteiger partial charge in [0.2, 0.25) is 5.95 Å². The molecule has 1 N–H and O–H groups in total. The van der Waals surface area contributed by atoms with Gasteiger partial charge in [-0.2, -0.15) is 13.2 Å². The number of morpholine rings is 1. The van der Waals surface area contributed by atoms with Crippen LogP contribution in [0.2, 0.25) is 0 Å². The van der Waals surface area contributed by atoms with Gasteiger partial charge >= 0.3 is 12.3 Å². The first-order valence-corrected chi connectivity index (χ1v) is 9.61. The van der Waals surface area contributed by atoms with Crippen molar-refractivity contribution in [3.63, 3.8) is 0 Å². The summed E-state index contributed by atoms with van der Waals surface area (Å²) in [5, 5.41) is 11.5. The number of nitrogens with one attached hydrogen (secondary N) is 1. The quantitative estimate of drug-likeness (QED) is 0.519. The molecule has 8 nitrogen and oxygen atoms in total. The number of carbonyl (C=O) groups excluding carboxylic acids is 1. The van der Waals surface area contributed by atoms with E-state index in [0.717, 1.165) is 25.6 Å². The minimum absolute atomic E-state index is 0.156. The summed E-state index contributed by atoms with van der Waals surface area (Å²) in [6, 6.07) is 0. The van der Waals surface area contributed by atoms with Gasteiger partial charge in [-0.25, -0.2) is 4.79 Å². The maximum absolute atomic E-state index is 12.0. The Hall–Kier alpha value is -1.69. The molecule has 1 aliphatic rings. The lowest BCUT2D eigenvalue weighted by Crippen LogP contribution is -2.38. The molecule has 0 atom stereocenters. The second-order valence-electron chi connectivity index (χ2n) is 6.35. The molecule has 1 saturated heterocycles. The third kappa shape index (κ3) is 7.45. The molecule has 0 bridgehead atoms. The molecule has 2 heterocycles. The highest BCUT2D eigenvalue weighted by molar-refractivity contribution is 7.99. The molecular formula is C15H24F3N5O3S. The van der Waals surface area contributed by atoms with Crippen LogP contribution in [0.5, 0.6) is 0 Å². The van der Waals surface area contributed by atoms with Crippen LogP contribution in [0.4, 0.5) is 23.9 Å². The number of nitrogens with zero attached hydrogens (tertiary/aromatic N) is 4. The zero-order valence-corrected chi connectivity index (χ0v) is 16.1. The second-order valence-corrected chi connectivity index (χ2v) is 7.42. The molecule has 0 radical (unpaired) electrons. The van der Waals surface area contributed by atoms with E-state index in [4.69, 9.17) is 4.74 Å². The fourth-order valence-electron chi connectivity index (χ4n) is 2.40. The maximum Gasteiger partial charge on any atom is 0.422 e. The minimum Gasteiger partial charge on any atom is -0.440 e. The Labute approximate surface area is 159 Å². The van der Waals surface area contributed by atoms with Gasteiger partial charge in [-0.15, -0.1) is 10.2 Å². The Morgan fingerprint density at radius 3 is 2.67 bits per heavy atom. The van der Waals surface area contributed by atoms with E-state index in [1.54, 1.807) is 0 Å². The topological polar surface area (TPSA) is 81.5 Å². The molecule has 0 aliphatic carbocycles. The third-order valence-electron chi connectivity index (χ3n) is 3.51. The van der Waals surface area contributed by atoms with Crippen molar-refractivity contribution in [2.75, 3.05) is 50.1 Å². The van der Waals surface area contributed by atoms with E-state index in [1.807, 2.05) is 4.57 Å². The van der Waals surface area contributed by atoms with Crippen LogP contribution < -0.4 is 10.2 Å². The van der Waals surface area contributed by atoms with Crippen molar-refractivity contribution in [3.05, 3.63) is 0 Å². The van der Waals surface area contributed by atoms with Crippen LogP contribution in [0.25, 0.3) is 0 Å². The number of alkyl halides is 3. The molecule has 0 aromatic carbocycles. The number of rotatable bonds is 8. The number of aromatic nitrogens is 3. The smallest absolute Gasteiger partial charge is 0.422 e. The van der Waals surface area contributed by atoms with Crippen LogP contribution in [0, 0.1) is 5.92 Å². The summed E-state index contributed by atoms with van der Waals surface area (Å²) < 4.78 is 47.5. The number of hydrogen-bond donors (Lipinski definition) is 1. The maximum atomic E-state index is 12.0. The van der Waals surface area contributed by atoms with Crippen LogP contribution >= 0.6 is 11.8 Å². The van der Waals surface area contributed by atoms with Crippen molar-refractivity contribution in [2.24, 2.45) is 5.92 Å². The lowest BCUT2D eigenvalue weighted by molar-refractivity contribution is -0.160. The van der Waals surface area contributed by atoms with E-state index in [-0.39, 0.29) is 6.54 Å². The molecule has 0 unspecified atom stereocenters. The van der Waals surface area contributed by atoms with Crippen molar-refractivity contribution in [2.45, 2.75) is 31.7 Å². The van der Waals surface area contributed by atoms with E-state index in [1.165, 1.54) is 11.8 Å². The molecular weight excluding hydrogens is 387 g/mol. The number of alkyl carbamates (subject to hydrolysis) is 1. The predicted octanol–water partition coefficient (Wildman–Crippen LogP) is 2.15. The second kappa shape index (κ2) is 10.0. The first-order valence-electron chi connectivity index (χ1n) is 8.62. The normalized spacial score (nSPS) is 15.3. The molecule has 154 valence electrons. The highest BCUT2D eigenvalue weighted by Crippen LogP contribution is 2.24. The van der Waals surface area contributed by atoms with Crippen molar-refractivity contribution >= 4 is 23.8 Å². The zero-order chi connectivity index (χ0) is 19.9. The first kappa shape index (κ1) is 21.6. The molecule has 0 spiro atoms. The summed E-state index contributed by atoms with van der Waals surface area (Å²) in [5.74, 6) is 1.60. The number of ether oxygens (including phenoxy) is 2. The molecule has 1 aromatic rings. The summed E-state index contributed by atoms with van der Waals surface area (Å²) in [5.41, 5.74) is 0. The van der Waals surface area contributed by atoms with Gasteiger partial charge in [-0.05, 0) is 5.92 Å². The van der Waals surface area contributed by atoms with Gasteiger partial charge in [-0.1, -0.05) is 25.6 Å². The highest BCUT2D eigenvalue weighted by atomic mass is 32.2. The Morgan fingerprint density at radius 2 is 2.04 bits per heavy atom. The van der Waals surface area contributed by atoms with Gasteiger partial charge in [0.15, 0.2) is 11.8 Å². The number of anilines is 1. The number of hydrogen-bond acceptors (Lipinski definition) is 7. The zero-order valence-electron chi connectivity index (χ0n) is 15.3. The molecule has 1 aromatic heterocycles. The van der Waals surface area contributed by atoms with E-state index < -0.39 is 18.9 Å². The van der Waals surface area contributed by atoms with Crippen molar-refractivity contribution in [1.29, 1.82) is 0 Å². The number of thioether (sulfide) groups is 1. The van der Waals surface area contributed by atoms with Crippen LogP contribution in [-0.2, 0) is 16.0 Å². The SMILES string of the molecule is CC(C)Cn1c(SCCNC(=O)OCC(F)(F)F)nnc1N1CCOCC1. The van der Waals surface area contributed by atoms with Gasteiger partial charge in [0.25, 0.3) is 0 Å². The van der Waals surface area contributed by atoms with Gasteiger partial charge < -0.3 is 19.7 Å². The van der Waals surface area contributed by atoms with Crippen molar-refractivity contribution in [1.82, 2.24) is 20.1 Å². The lowest BCUT2D eigenvalue weighted by atomic mass is 10.2. The van der Waals surface area contributed by atoms with Crippen molar-refractivity contribution in [3.8, 4) is 0 Å². The van der Waals surface area contributed by atoms with Crippen LogP contribution in [0.15, 0.2) is 5.16 Å². The van der Waals surface area contributed by atoms with Gasteiger partial charge in [0, 0.05) is 31.9 Å². The number of carbonyl (C=O) groups is 1. The lowest BCUT2D eigenvalue weighted by Gasteiger charge is -2.28. The summed E-state index contributed by atoms with van der Waals surface area (Å²) in [4.78, 5) is 13.4. The third-order valence-corrected chi connectivity index (χ3v) is 4.48. The van der Waals surface area contributed by atoms with Crippen LogP contribution in [0.1, 0.15) is 13.8 Å². The molecule has 12 heteroatoms. The first-order chi connectivity index (χ1) is 12.8. The Balaban J connectivity index is 1.86. The summed E-state index contributed by atoms with van der Waals surface area (Å²) in [7, 11) is 0. The Kier molecular flexibility index (Phi) is 8.02. The summed E-state index contributed by atoms with van der Waals surface area (Å²) in [6.45, 7) is 6.25. The van der Waals surface area contributed by atoms with E-state index in [2.05, 4.69) is 39.0 Å². The molecule has 1 aliphatic heterocycles. The average Bonchev–Trinajstić information content (AvgIpc) is 2.99. The standard InChI is InChI=1S/C15H24F3N5O3S/c1-11(2)9-23-12(22-4-6-25-7-5-22)20-21-13(23)27-8-3-19-14(24)26-10-15(16,17)18/h11H,3-10H2,1-2H3,(H,19,24). The Bertz CT molecular complexity index is 606. The van der Waals surface area contributed by atoms with Gasteiger partial charge in [-0.3, -0.25) is 4.57 Å². The number of halogens is 3. The molecule has 1 amide bonds. The average molecular weight is 411 g/mol. The minimum atomic E-state index is -4.53. The van der Waals surface area contributed by atoms with Crippen molar-refractivity contribution < 1.29 is 27.4 Å². The molecule has 2 rings (SSSR count). The monoisotopic (exact) mass is 411 g/mol.